The Morgan fingerprint density at radius 2 is 1.83 bits per heavy atom. The maximum absolute atomic E-state index is 12.2. The van der Waals surface area contributed by atoms with Crippen molar-refractivity contribution in [3.63, 3.8) is 0 Å². The number of aryl methyl sites for hydroxylation is 2. The van der Waals surface area contributed by atoms with Crippen molar-refractivity contribution in [3.05, 3.63) is 59.4 Å². The summed E-state index contributed by atoms with van der Waals surface area (Å²) in [6, 6.07) is 10.1. The molecule has 0 aliphatic carbocycles. The third kappa shape index (κ3) is 5.18. The fraction of sp³-hybridized carbons (Fsp3) is 0.368. The van der Waals surface area contributed by atoms with Gasteiger partial charge in [-0.05, 0) is 35.6 Å². The lowest BCUT2D eigenvalue weighted by Gasteiger charge is -2.14. The van der Waals surface area contributed by atoms with Crippen molar-refractivity contribution in [1.29, 1.82) is 0 Å². The Labute approximate surface area is 138 Å². The third-order valence-corrected chi connectivity index (χ3v) is 3.84. The van der Waals surface area contributed by atoms with Crippen molar-refractivity contribution in [1.82, 2.24) is 10.3 Å². The maximum atomic E-state index is 12.2. The number of hydrogen-bond acceptors (Lipinski definition) is 3. The molecule has 4 nitrogen and oxygen atoms in total. The summed E-state index contributed by atoms with van der Waals surface area (Å²) < 4.78 is 0. The average Bonchev–Trinajstić information content (AvgIpc) is 2.60. The second-order valence-corrected chi connectivity index (χ2v) is 5.49. The van der Waals surface area contributed by atoms with Crippen LogP contribution in [0.1, 0.15) is 37.0 Å². The van der Waals surface area contributed by atoms with Crippen LogP contribution in [-0.2, 0) is 24.2 Å². The zero-order chi connectivity index (χ0) is 16.5. The van der Waals surface area contributed by atoms with Crippen LogP contribution in [0.5, 0.6) is 0 Å². The largest absolute Gasteiger partial charge is 0.326 e. The molecule has 1 heterocycles. The van der Waals surface area contributed by atoms with Gasteiger partial charge < -0.3 is 10.6 Å². The smallest absolute Gasteiger partial charge is 0.225 e. The van der Waals surface area contributed by atoms with Gasteiger partial charge in [-0.1, -0.05) is 38.1 Å². The molecule has 0 aliphatic heterocycles. The zero-order valence-corrected chi connectivity index (χ0v) is 13.9. The van der Waals surface area contributed by atoms with Gasteiger partial charge in [0.25, 0.3) is 0 Å². The molecule has 0 radical (unpaired) electrons. The van der Waals surface area contributed by atoms with Crippen molar-refractivity contribution in [2.24, 2.45) is 0 Å². The summed E-state index contributed by atoms with van der Waals surface area (Å²) in [5.41, 5.74) is 4.51. The van der Waals surface area contributed by atoms with Crippen molar-refractivity contribution < 1.29 is 4.79 Å². The van der Waals surface area contributed by atoms with Crippen LogP contribution in [0.2, 0.25) is 0 Å². The number of amides is 1. The van der Waals surface area contributed by atoms with Gasteiger partial charge in [0.1, 0.15) is 0 Å². The first-order valence-corrected chi connectivity index (χ1v) is 8.24. The highest BCUT2D eigenvalue weighted by atomic mass is 16.1. The Balaban J connectivity index is 1.83. The molecular weight excluding hydrogens is 286 g/mol. The molecule has 4 heteroatoms. The van der Waals surface area contributed by atoms with E-state index < -0.39 is 0 Å². The molecule has 122 valence electrons. The average molecular weight is 311 g/mol. The van der Waals surface area contributed by atoms with E-state index in [0.29, 0.717) is 13.0 Å². The van der Waals surface area contributed by atoms with E-state index >= 15 is 0 Å². The van der Waals surface area contributed by atoms with Gasteiger partial charge in [0, 0.05) is 37.6 Å². The van der Waals surface area contributed by atoms with Gasteiger partial charge in [0.2, 0.25) is 5.91 Å². The SMILES string of the molecule is CCc1cccc(CC)c1NC(=O)CCNCc1cccnc1. The van der Waals surface area contributed by atoms with Crippen molar-refractivity contribution in [3.8, 4) is 0 Å². The number of para-hydroxylation sites is 1. The molecule has 1 amide bonds. The second-order valence-electron chi connectivity index (χ2n) is 5.49. The second kappa shape index (κ2) is 9.06. The third-order valence-electron chi connectivity index (χ3n) is 3.84. The predicted octanol–water partition coefficient (Wildman–Crippen LogP) is 3.32. The highest BCUT2D eigenvalue weighted by Crippen LogP contribution is 2.22. The molecule has 23 heavy (non-hydrogen) atoms. The molecule has 0 bridgehead atoms. The van der Waals surface area contributed by atoms with E-state index in [9.17, 15) is 4.79 Å². The number of rotatable bonds is 8. The summed E-state index contributed by atoms with van der Waals surface area (Å²) in [5.74, 6) is 0.0549. The summed E-state index contributed by atoms with van der Waals surface area (Å²) in [6.45, 7) is 5.60. The number of anilines is 1. The maximum Gasteiger partial charge on any atom is 0.225 e. The van der Waals surface area contributed by atoms with E-state index in [1.54, 1.807) is 6.20 Å². The van der Waals surface area contributed by atoms with Crippen molar-refractivity contribution in [2.75, 3.05) is 11.9 Å². The summed E-state index contributed by atoms with van der Waals surface area (Å²) in [4.78, 5) is 16.3. The number of nitrogens with zero attached hydrogens (tertiary/aromatic N) is 1. The minimum absolute atomic E-state index is 0.0549. The summed E-state index contributed by atoms with van der Waals surface area (Å²) >= 11 is 0. The summed E-state index contributed by atoms with van der Waals surface area (Å²) in [7, 11) is 0. The Bertz CT molecular complexity index is 604. The first-order valence-electron chi connectivity index (χ1n) is 8.24. The zero-order valence-electron chi connectivity index (χ0n) is 13.9. The topological polar surface area (TPSA) is 54.0 Å². The van der Waals surface area contributed by atoms with Gasteiger partial charge in [-0.3, -0.25) is 9.78 Å². The van der Waals surface area contributed by atoms with E-state index in [1.807, 2.05) is 18.3 Å². The summed E-state index contributed by atoms with van der Waals surface area (Å²) in [5, 5.41) is 6.36. The fourth-order valence-electron chi connectivity index (χ4n) is 2.54. The quantitative estimate of drug-likeness (QED) is 0.735. The minimum Gasteiger partial charge on any atom is -0.326 e. The first kappa shape index (κ1) is 17.2. The first-order chi connectivity index (χ1) is 11.2. The minimum atomic E-state index is 0.0549. The lowest BCUT2D eigenvalue weighted by Crippen LogP contribution is -2.22. The lowest BCUT2D eigenvalue weighted by molar-refractivity contribution is -0.116. The van der Waals surface area contributed by atoms with Crippen LogP contribution >= 0.6 is 0 Å². The Morgan fingerprint density at radius 1 is 1.09 bits per heavy atom. The molecule has 0 aliphatic rings. The number of nitrogens with one attached hydrogen (secondary N) is 2. The molecule has 0 saturated carbocycles. The van der Waals surface area contributed by atoms with Gasteiger partial charge in [-0.2, -0.15) is 0 Å². The van der Waals surface area contributed by atoms with Gasteiger partial charge in [0.05, 0.1) is 0 Å². The highest BCUT2D eigenvalue weighted by molar-refractivity contribution is 5.92. The number of hydrogen-bond donors (Lipinski definition) is 2. The van der Waals surface area contributed by atoms with Crippen LogP contribution < -0.4 is 10.6 Å². The van der Waals surface area contributed by atoms with E-state index in [4.69, 9.17) is 0 Å². The standard InChI is InChI=1S/C19H25N3O/c1-3-16-8-5-9-17(4-2)19(16)22-18(23)10-12-21-14-15-7-6-11-20-13-15/h5-9,11,13,21H,3-4,10,12,14H2,1-2H3,(H,22,23). The highest BCUT2D eigenvalue weighted by Gasteiger charge is 2.09. The van der Waals surface area contributed by atoms with Gasteiger partial charge in [-0.25, -0.2) is 0 Å². The molecule has 2 rings (SSSR count). The Hall–Kier alpha value is -2.20. The fourth-order valence-corrected chi connectivity index (χ4v) is 2.54. The molecule has 0 saturated heterocycles. The van der Waals surface area contributed by atoms with E-state index in [1.165, 1.54) is 11.1 Å². The van der Waals surface area contributed by atoms with E-state index in [-0.39, 0.29) is 5.91 Å². The Morgan fingerprint density at radius 3 is 2.43 bits per heavy atom. The number of pyridine rings is 1. The molecule has 1 aromatic heterocycles. The van der Waals surface area contributed by atoms with Crippen LogP contribution in [-0.4, -0.2) is 17.4 Å². The van der Waals surface area contributed by atoms with Crippen molar-refractivity contribution >= 4 is 11.6 Å². The Kier molecular flexibility index (Phi) is 6.76. The molecule has 2 N–H and O–H groups in total. The van der Waals surface area contributed by atoms with E-state index in [0.717, 1.165) is 30.6 Å². The molecule has 1 aromatic carbocycles. The molecule has 0 unspecified atom stereocenters. The number of benzene rings is 1. The molecule has 0 spiro atoms. The number of carbonyl (C=O) groups excluding carboxylic acids is 1. The molecule has 0 atom stereocenters. The van der Waals surface area contributed by atoms with Crippen LogP contribution in [0, 0.1) is 0 Å². The van der Waals surface area contributed by atoms with Crippen LogP contribution in [0.15, 0.2) is 42.7 Å². The molecule has 2 aromatic rings. The van der Waals surface area contributed by atoms with Gasteiger partial charge in [0.15, 0.2) is 0 Å². The van der Waals surface area contributed by atoms with Gasteiger partial charge in [-0.15, -0.1) is 0 Å². The predicted molar refractivity (Wildman–Crippen MR) is 94.4 cm³/mol. The van der Waals surface area contributed by atoms with Crippen LogP contribution in [0.3, 0.4) is 0 Å². The molecule has 0 fully saturated rings. The lowest BCUT2D eigenvalue weighted by atomic mass is 10.0. The summed E-state index contributed by atoms with van der Waals surface area (Å²) in [6.07, 6.45) is 5.89. The van der Waals surface area contributed by atoms with Crippen LogP contribution in [0.25, 0.3) is 0 Å². The molecular formula is C19H25N3O. The monoisotopic (exact) mass is 311 g/mol. The number of aromatic nitrogens is 1. The number of carbonyl (C=O) groups is 1. The van der Waals surface area contributed by atoms with Crippen LogP contribution in [0.4, 0.5) is 5.69 Å². The van der Waals surface area contributed by atoms with Crippen molar-refractivity contribution in [2.45, 2.75) is 39.7 Å². The normalized spacial score (nSPS) is 10.5. The van der Waals surface area contributed by atoms with E-state index in [2.05, 4.69) is 47.7 Å². The van der Waals surface area contributed by atoms with Gasteiger partial charge >= 0.3 is 0 Å².